The van der Waals surface area contributed by atoms with E-state index in [0.717, 1.165) is 29.4 Å². The van der Waals surface area contributed by atoms with E-state index in [2.05, 4.69) is 23.1 Å². The van der Waals surface area contributed by atoms with Crippen molar-refractivity contribution in [2.24, 2.45) is 13.0 Å². The van der Waals surface area contributed by atoms with Gasteiger partial charge in [0.25, 0.3) is 5.91 Å². The molecule has 0 spiro atoms. The van der Waals surface area contributed by atoms with E-state index in [1.807, 2.05) is 36.2 Å². The van der Waals surface area contributed by atoms with E-state index in [9.17, 15) is 10.1 Å². The molecular formula is C21H21N5O. The Balaban J connectivity index is 1.69. The minimum Gasteiger partial charge on any atom is -0.338 e. The number of benzene rings is 1. The lowest BCUT2D eigenvalue weighted by Crippen LogP contribution is -2.42. The molecule has 2 aromatic heterocycles. The highest BCUT2D eigenvalue weighted by Gasteiger charge is 2.30. The van der Waals surface area contributed by atoms with Gasteiger partial charge in [0.2, 0.25) is 0 Å². The Labute approximate surface area is 158 Å². The lowest BCUT2D eigenvalue weighted by atomic mass is 9.83. The number of carbonyl (C=O) groups is 1. The van der Waals surface area contributed by atoms with E-state index < -0.39 is 0 Å². The predicted molar refractivity (Wildman–Crippen MR) is 102 cm³/mol. The summed E-state index contributed by atoms with van der Waals surface area (Å²) in [7, 11) is 1.81. The molecule has 4 rings (SSSR count). The molecule has 0 aliphatic carbocycles. The van der Waals surface area contributed by atoms with E-state index in [1.54, 1.807) is 23.3 Å². The molecule has 1 amide bonds. The van der Waals surface area contributed by atoms with Crippen LogP contribution in [0.2, 0.25) is 0 Å². The van der Waals surface area contributed by atoms with Gasteiger partial charge in [-0.2, -0.15) is 10.4 Å². The van der Waals surface area contributed by atoms with Crippen LogP contribution in [0, 0.1) is 17.2 Å². The van der Waals surface area contributed by atoms with E-state index >= 15 is 0 Å². The zero-order valence-corrected chi connectivity index (χ0v) is 15.5. The second-order valence-corrected chi connectivity index (χ2v) is 7.36. The Kier molecular flexibility index (Phi) is 4.36. The number of aryl methyl sites for hydroxylation is 1. The molecule has 27 heavy (non-hydrogen) atoms. The van der Waals surface area contributed by atoms with Crippen molar-refractivity contribution in [2.45, 2.75) is 19.3 Å². The third-order valence-corrected chi connectivity index (χ3v) is 5.26. The number of rotatable bonds is 2. The Morgan fingerprint density at radius 2 is 2.15 bits per heavy atom. The molecule has 3 heterocycles. The molecule has 0 N–H and O–H groups in total. The van der Waals surface area contributed by atoms with Gasteiger partial charge >= 0.3 is 0 Å². The number of carbonyl (C=O) groups excluding carboxylic acids is 1. The fourth-order valence-electron chi connectivity index (χ4n) is 4.10. The average Bonchev–Trinajstić information content (AvgIpc) is 3.12. The molecular weight excluding hydrogens is 338 g/mol. The number of piperidine rings is 1. The molecule has 1 aliphatic heterocycles. The first-order chi connectivity index (χ1) is 13.1. The van der Waals surface area contributed by atoms with Crippen molar-refractivity contribution in [3.63, 3.8) is 0 Å². The summed E-state index contributed by atoms with van der Waals surface area (Å²) in [5, 5.41) is 14.5. The molecule has 1 aromatic carbocycles. The van der Waals surface area contributed by atoms with Gasteiger partial charge in [-0.15, -0.1) is 0 Å². The average molecular weight is 359 g/mol. The van der Waals surface area contributed by atoms with Gasteiger partial charge in [0.15, 0.2) is 0 Å². The van der Waals surface area contributed by atoms with Crippen LogP contribution in [-0.2, 0) is 7.05 Å². The highest BCUT2D eigenvalue weighted by atomic mass is 16.2. The minimum absolute atomic E-state index is 0.0238. The SMILES string of the molecule is CC1CC(c2ccc(C#N)c3ncccc23)CN(C(=O)c2cnn(C)c2)C1. The number of nitriles is 1. The fraction of sp³-hybridized carbons (Fsp3) is 0.333. The van der Waals surface area contributed by atoms with Crippen LogP contribution in [0.5, 0.6) is 0 Å². The lowest BCUT2D eigenvalue weighted by Gasteiger charge is -2.37. The number of fused-ring (bicyclic) bond motifs is 1. The Bertz CT molecular complexity index is 1050. The molecule has 1 fully saturated rings. The summed E-state index contributed by atoms with van der Waals surface area (Å²) in [5.41, 5.74) is 3.10. The second kappa shape index (κ2) is 6.84. The van der Waals surface area contributed by atoms with E-state index in [1.165, 1.54) is 0 Å². The summed E-state index contributed by atoms with van der Waals surface area (Å²) in [6.07, 6.45) is 6.11. The zero-order valence-electron chi connectivity index (χ0n) is 15.5. The van der Waals surface area contributed by atoms with Gasteiger partial charge in [-0.1, -0.05) is 19.1 Å². The van der Waals surface area contributed by atoms with Crippen LogP contribution in [0.4, 0.5) is 0 Å². The lowest BCUT2D eigenvalue weighted by molar-refractivity contribution is 0.0659. The summed E-state index contributed by atoms with van der Waals surface area (Å²) in [5.74, 6) is 0.635. The molecule has 3 aromatic rings. The van der Waals surface area contributed by atoms with Crippen LogP contribution in [0.25, 0.3) is 10.9 Å². The van der Waals surface area contributed by atoms with Crippen molar-refractivity contribution in [2.75, 3.05) is 13.1 Å². The first-order valence-electron chi connectivity index (χ1n) is 9.12. The monoisotopic (exact) mass is 359 g/mol. The van der Waals surface area contributed by atoms with Crippen LogP contribution in [0.1, 0.15) is 40.7 Å². The molecule has 0 saturated carbocycles. The van der Waals surface area contributed by atoms with Gasteiger partial charge in [-0.05, 0) is 30.0 Å². The van der Waals surface area contributed by atoms with Crippen molar-refractivity contribution in [1.82, 2.24) is 19.7 Å². The van der Waals surface area contributed by atoms with Crippen molar-refractivity contribution >= 4 is 16.8 Å². The Morgan fingerprint density at radius 1 is 1.30 bits per heavy atom. The molecule has 0 bridgehead atoms. The third-order valence-electron chi connectivity index (χ3n) is 5.26. The molecule has 6 heteroatoms. The van der Waals surface area contributed by atoms with Gasteiger partial charge in [0.1, 0.15) is 6.07 Å². The van der Waals surface area contributed by atoms with E-state index in [0.29, 0.717) is 23.6 Å². The summed E-state index contributed by atoms with van der Waals surface area (Å²) in [6.45, 7) is 3.59. The number of pyridine rings is 1. The largest absolute Gasteiger partial charge is 0.338 e. The summed E-state index contributed by atoms with van der Waals surface area (Å²) >= 11 is 0. The number of hydrogen-bond donors (Lipinski definition) is 0. The first kappa shape index (κ1) is 17.2. The Hall–Kier alpha value is -3.20. The van der Waals surface area contributed by atoms with E-state index in [-0.39, 0.29) is 11.8 Å². The topological polar surface area (TPSA) is 74.8 Å². The summed E-state index contributed by atoms with van der Waals surface area (Å²) < 4.78 is 1.65. The van der Waals surface area contributed by atoms with Gasteiger partial charge in [0.05, 0.1) is 22.8 Å². The number of likely N-dealkylation sites (tertiary alicyclic amines) is 1. The first-order valence-corrected chi connectivity index (χ1v) is 9.12. The number of aromatic nitrogens is 3. The van der Waals surface area contributed by atoms with Crippen molar-refractivity contribution in [3.8, 4) is 6.07 Å². The maximum Gasteiger partial charge on any atom is 0.257 e. The maximum atomic E-state index is 12.9. The molecule has 136 valence electrons. The molecule has 2 unspecified atom stereocenters. The highest BCUT2D eigenvalue weighted by molar-refractivity contribution is 5.94. The van der Waals surface area contributed by atoms with Gasteiger partial charge in [-0.25, -0.2) is 0 Å². The van der Waals surface area contributed by atoms with Crippen LogP contribution in [-0.4, -0.2) is 38.7 Å². The van der Waals surface area contributed by atoms with Crippen molar-refractivity contribution in [1.29, 1.82) is 5.26 Å². The maximum absolute atomic E-state index is 12.9. The van der Waals surface area contributed by atoms with Crippen molar-refractivity contribution in [3.05, 3.63) is 59.5 Å². The highest BCUT2D eigenvalue weighted by Crippen LogP contribution is 2.35. The number of amides is 1. The van der Waals surface area contributed by atoms with Gasteiger partial charge in [-0.3, -0.25) is 14.5 Å². The fourth-order valence-corrected chi connectivity index (χ4v) is 4.10. The molecule has 6 nitrogen and oxygen atoms in total. The Morgan fingerprint density at radius 3 is 2.89 bits per heavy atom. The molecule has 2 atom stereocenters. The standard InChI is InChI=1S/C21H21N5O/c1-14-8-16(13-26(11-14)21(27)17-10-24-25(2)12-17)18-6-5-15(9-22)20-19(18)4-3-7-23-20/h3-7,10,12,14,16H,8,11,13H2,1-2H3. The van der Waals surface area contributed by atoms with Crippen molar-refractivity contribution < 1.29 is 4.79 Å². The number of hydrogen-bond acceptors (Lipinski definition) is 4. The molecule has 1 saturated heterocycles. The zero-order chi connectivity index (χ0) is 19.0. The summed E-state index contributed by atoms with van der Waals surface area (Å²) in [6, 6.07) is 10.0. The predicted octanol–water partition coefficient (Wildman–Crippen LogP) is 3.11. The summed E-state index contributed by atoms with van der Waals surface area (Å²) in [4.78, 5) is 19.3. The quantitative estimate of drug-likeness (QED) is 0.705. The van der Waals surface area contributed by atoms with Crippen LogP contribution in [0.3, 0.4) is 0 Å². The molecule has 1 aliphatic rings. The third kappa shape index (κ3) is 3.17. The normalized spacial score (nSPS) is 19.8. The van der Waals surface area contributed by atoms with Crippen LogP contribution >= 0.6 is 0 Å². The second-order valence-electron chi connectivity index (χ2n) is 7.36. The smallest absolute Gasteiger partial charge is 0.257 e. The minimum atomic E-state index is 0.0238. The van der Waals surface area contributed by atoms with Crippen LogP contribution < -0.4 is 0 Å². The molecule has 0 radical (unpaired) electrons. The van der Waals surface area contributed by atoms with E-state index in [4.69, 9.17) is 0 Å². The van der Waals surface area contributed by atoms with Crippen LogP contribution in [0.15, 0.2) is 42.9 Å². The van der Waals surface area contributed by atoms with Gasteiger partial charge in [0, 0.05) is 43.8 Å². The number of nitrogens with zero attached hydrogens (tertiary/aromatic N) is 5. The van der Waals surface area contributed by atoms with Gasteiger partial charge < -0.3 is 4.90 Å².